The molecule has 0 spiro atoms. The summed E-state index contributed by atoms with van der Waals surface area (Å²) in [6, 6.07) is 78.2. The number of hydrogen-bond acceptors (Lipinski definition) is 1. The number of benzene rings is 10. The van der Waals surface area contributed by atoms with E-state index in [9.17, 15) is 0 Å². The van der Waals surface area contributed by atoms with Gasteiger partial charge < -0.3 is 4.90 Å². The highest BCUT2D eigenvalue weighted by molar-refractivity contribution is 6.09. The van der Waals surface area contributed by atoms with E-state index in [1.54, 1.807) is 0 Å². The predicted octanol–water partition coefficient (Wildman–Crippen LogP) is 15.9. The lowest BCUT2D eigenvalue weighted by Crippen LogP contribution is -2.16. The molecule has 0 N–H and O–H groups in total. The van der Waals surface area contributed by atoms with Crippen LogP contribution in [0.25, 0.3) is 76.8 Å². The zero-order valence-electron chi connectivity index (χ0n) is 32.7. The van der Waals surface area contributed by atoms with E-state index in [4.69, 9.17) is 0 Å². The Morgan fingerprint density at radius 2 is 0.879 bits per heavy atom. The van der Waals surface area contributed by atoms with Crippen molar-refractivity contribution in [2.75, 3.05) is 4.90 Å². The van der Waals surface area contributed by atoms with E-state index < -0.39 is 0 Å². The van der Waals surface area contributed by atoms with Gasteiger partial charge in [-0.25, -0.2) is 0 Å². The van der Waals surface area contributed by atoms with Gasteiger partial charge in [-0.2, -0.15) is 0 Å². The number of nitrogens with zero attached hydrogens (tertiary/aromatic N) is 1. The Morgan fingerprint density at radius 1 is 0.328 bits per heavy atom. The molecule has 0 fully saturated rings. The summed E-state index contributed by atoms with van der Waals surface area (Å²) in [7, 11) is 0. The quantitative estimate of drug-likeness (QED) is 0.154. The summed E-state index contributed by atoms with van der Waals surface area (Å²) in [5, 5.41) is 7.51. The first-order chi connectivity index (χ1) is 28.5. The van der Waals surface area contributed by atoms with E-state index in [2.05, 4.69) is 231 Å². The minimum atomic E-state index is -0.0952. The maximum absolute atomic E-state index is 2.44. The molecule has 0 bridgehead atoms. The van der Waals surface area contributed by atoms with Crippen LogP contribution in [-0.4, -0.2) is 0 Å². The van der Waals surface area contributed by atoms with E-state index in [1.165, 1.54) is 88.0 Å². The van der Waals surface area contributed by atoms with Gasteiger partial charge in [-0.05, 0) is 119 Å². The highest BCUT2D eigenvalue weighted by atomic mass is 15.1. The van der Waals surface area contributed by atoms with Gasteiger partial charge in [0.05, 0.1) is 5.69 Å². The van der Waals surface area contributed by atoms with E-state index >= 15 is 0 Å². The summed E-state index contributed by atoms with van der Waals surface area (Å²) in [4.78, 5) is 2.44. The molecule has 1 aliphatic carbocycles. The van der Waals surface area contributed by atoms with Crippen molar-refractivity contribution in [3.63, 3.8) is 0 Å². The molecular weight excluding hydrogens is 699 g/mol. The van der Waals surface area contributed by atoms with Crippen molar-refractivity contribution >= 4 is 49.4 Å². The van der Waals surface area contributed by atoms with Crippen molar-refractivity contribution < 1.29 is 0 Å². The fourth-order valence-corrected chi connectivity index (χ4v) is 9.69. The first-order valence-electron chi connectivity index (χ1n) is 20.3. The second kappa shape index (κ2) is 13.5. The van der Waals surface area contributed by atoms with Crippen LogP contribution in [-0.2, 0) is 5.41 Å². The van der Waals surface area contributed by atoms with Crippen LogP contribution < -0.4 is 4.90 Å². The Hall–Kier alpha value is -7.22. The van der Waals surface area contributed by atoms with Crippen LogP contribution in [0.3, 0.4) is 0 Å². The molecule has 10 aromatic carbocycles. The molecule has 0 heterocycles. The van der Waals surface area contributed by atoms with Crippen LogP contribution >= 0.6 is 0 Å². The van der Waals surface area contributed by atoms with Crippen molar-refractivity contribution in [3.05, 3.63) is 223 Å². The zero-order valence-corrected chi connectivity index (χ0v) is 32.7. The summed E-state index contributed by atoms with van der Waals surface area (Å²) < 4.78 is 0. The maximum Gasteiger partial charge on any atom is 0.0540 e. The zero-order chi connectivity index (χ0) is 38.8. The van der Waals surface area contributed by atoms with Crippen LogP contribution in [0.1, 0.15) is 25.0 Å². The van der Waals surface area contributed by atoms with E-state index in [0.717, 1.165) is 17.1 Å². The minimum Gasteiger partial charge on any atom is -0.310 e. The van der Waals surface area contributed by atoms with E-state index in [-0.39, 0.29) is 5.41 Å². The summed E-state index contributed by atoms with van der Waals surface area (Å²) in [5.41, 5.74) is 16.1. The standard InChI is InChI=1S/C57H41N/c1-57(2)54-26-9-7-22-52(54)53-25-13-24-51(56(53)57)40-30-32-44(33-31-40)58(45-34-35-49-43(37-45)29-28-39-15-4-6-20-47(39)49)55-27-10-8-21-50(55)42-18-11-17-41(36-42)48-23-12-16-38-14-3-5-19-46(38)48/h3-37H,1-2H3. The molecule has 0 saturated carbocycles. The van der Waals surface area contributed by atoms with Crippen LogP contribution in [0.2, 0.25) is 0 Å². The fourth-order valence-electron chi connectivity index (χ4n) is 9.69. The van der Waals surface area contributed by atoms with Gasteiger partial charge in [-0.1, -0.05) is 190 Å². The highest BCUT2D eigenvalue weighted by Crippen LogP contribution is 2.52. The van der Waals surface area contributed by atoms with Crippen molar-refractivity contribution in [1.29, 1.82) is 0 Å². The first-order valence-corrected chi connectivity index (χ1v) is 20.3. The Labute approximate surface area is 340 Å². The lowest BCUT2D eigenvalue weighted by Gasteiger charge is -2.29. The Balaban J connectivity index is 1.07. The molecule has 0 radical (unpaired) electrons. The average Bonchev–Trinajstić information content (AvgIpc) is 3.52. The Bertz CT molecular complexity index is 3200. The normalized spacial score (nSPS) is 12.8. The third-order valence-corrected chi connectivity index (χ3v) is 12.4. The number of para-hydroxylation sites is 1. The molecule has 0 saturated heterocycles. The van der Waals surface area contributed by atoms with Gasteiger partial charge in [0, 0.05) is 22.4 Å². The SMILES string of the molecule is CC1(C)c2ccccc2-c2cccc(-c3ccc(N(c4ccc5c(ccc6ccccc65)c4)c4ccccc4-c4cccc(-c5cccc6ccccc56)c4)cc3)c21. The molecule has 0 atom stereocenters. The molecule has 10 aromatic rings. The monoisotopic (exact) mass is 739 g/mol. The first kappa shape index (κ1) is 34.1. The third kappa shape index (κ3) is 5.46. The Morgan fingerprint density at radius 3 is 1.72 bits per heavy atom. The largest absolute Gasteiger partial charge is 0.310 e. The molecule has 0 aliphatic heterocycles. The van der Waals surface area contributed by atoms with Crippen molar-refractivity contribution in [3.8, 4) is 44.5 Å². The number of rotatable bonds is 6. The maximum atomic E-state index is 2.44. The van der Waals surface area contributed by atoms with Gasteiger partial charge in [-0.15, -0.1) is 0 Å². The van der Waals surface area contributed by atoms with Crippen LogP contribution in [0.4, 0.5) is 17.1 Å². The number of fused-ring (bicyclic) bond motifs is 7. The number of hydrogen-bond donors (Lipinski definition) is 0. The van der Waals surface area contributed by atoms with E-state index in [0.29, 0.717) is 0 Å². The summed E-state index contributed by atoms with van der Waals surface area (Å²) in [5.74, 6) is 0. The molecule has 1 aliphatic rings. The van der Waals surface area contributed by atoms with Gasteiger partial charge >= 0.3 is 0 Å². The Kier molecular flexibility index (Phi) is 7.91. The summed E-state index contributed by atoms with van der Waals surface area (Å²) in [6.07, 6.45) is 0. The smallest absolute Gasteiger partial charge is 0.0540 e. The lowest BCUT2D eigenvalue weighted by atomic mass is 9.79. The van der Waals surface area contributed by atoms with Gasteiger partial charge in [-0.3, -0.25) is 0 Å². The second-order valence-corrected chi connectivity index (χ2v) is 16.1. The highest BCUT2D eigenvalue weighted by Gasteiger charge is 2.37. The van der Waals surface area contributed by atoms with Crippen molar-refractivity contribution in [1.82, 2.24) is 0 Å². The molecule has 1 nitrogen and oxygen atoms in total. The average molecular weight is 740 g/mol. The fraction of sp³-hybridized carbons (Fsp3) is 0.0526. The summed E-state index contributed by atoms with van der Waals surface area (Å²) >= 11 is 0. The molecule has 0 amide bonds. The molecule has 11 rings (SSSR count). The lowest BCUT2D eigenvalue weighted by molar-refractivity contribution is 0.662. The topological polar surface area (TPSA) is 3.24 Å². The molecule has 274 valence electrons. The molecule has 0 aromatic heterocycles. The molecule has 1 heteroatoms. The molecular formula is C57H41N. The second-order valence-electron chi connectivity index (χ2n) is 16.1. The third-order valence-electron chi connectivity index (χ3n) is 12.4. The van der Waals surface area contributed by atoms with Gasteiger partial charge in [0.15, 0.2) is 0 Å². The van der Waals surface area contributed by atoms with Gasteiger partial charge in [0.2, 0.25) is 0 Å². The summed E-state index contributed by atoms with van der Waals surface area (Å²) in [6.45, 7) is 4.73. The van der Waals surface area contributed by atoms with Gasteiger partial charge in [0.25, 0.3) is 0 Å². The van der Waals surface area contributed by atoms with Crippen LogP contribution in [0.5, 0.6) is 0 Å². The molecule has 0 unspecified atom stereocenters. The van der Waals surface area contributed by atoms with Crippen molar-refractivity contribution in [2.45, 2.75) is 19.3 Å². The molecule has 58 heavy (non-hydrogen) atoms. The predicted molar refractivity (Wildman–Crippen MR) is 248 cm³/mol. The van der Waals surface area contributed by atoms with Gasteiger partial charge in [0.1, 0.15) is 0 Å². The van der Waals surface area contributed by atoms with Crippen molar-refractivity contribution in [2.24, 2.45) is 0 Å². The van der Waals surface area contributed by atoms with Crippen LogP contribution in [0, 0.1) is 0 Å². The number of anilines is 3. The minimum absolute atomic E-state index is 0.0952. The van der Waals surface area contributed by atoms with E-state index in [1.807, 2.05) is 0 Å². The van der Waals surface area contributed by atoms with Crippen LogP contribution in [0.15, 0.2) is 212 Å².